The van der Waals surface area contributed by atoms with E-state index in [4.69, 9.17) is 0 Å². The van der Waals surface area contributed by atoms with Crippen LogP contribution in [0.1, 0.15) is 56.2 Å². The number of alkyl halides is 6. The molecule has 4 rings (SSSR count). The fourth-order valence-electron chi connectivity index (χ4n) is 5.09. The lowest BCUT2D eigenvalue weighted by Gasteiger charge is -2.32. The van der Waals surface area contributed by atoms with E-state index in [2.05, 4.69) is 26.2 Å². The number of carbonyl (C=O) groups is 1. The van der Waals surface area contributed by atoms with Gasteiger partial charge in [0.1, 0.15) is 5.82 Å². The van der Waals surface area contributed by atoms with Crippen LogP contribution in [0.4, 0.5) is 37.8 Å². The van der Waals surface area contributed by atoms with E-state index >= 15 is 0 Å². The number of amides is 1. The van der Waals surface area contributed by atoms with Crippen LogP contribution in [-0.4, -0.2) is 35.2 Å². The predicted molar refractivity (Wildman–Crippen MR) is 152 cm³/mol. The van der Waals surface area contributed by atoms with E-state index < -0.39 is 40.4 Å². The molecular formula is C30H30BrF6N3O2. The summed E-state index contributed by atoms with van der Waals surface area (Å²) >= 11 is 3.53. The lowest BCUT2D eigenvalue weighted by Crippen LogP contribution is -2.42. The lowest BCUT2D eigenvalue weighted by molar-refractivity contribution is -0.143. The van der Waals surface area contributed by atoms with Crippen LogP contribution in [-0.2, 0) is 22.6 Å². The van der Waals surface area contributed by atoms with E-state index in [0.717, 1.165) is 12.8 Å². The SMILES string of the molecule is CN(C(=O)C(C)(C)c1cc(C(F)(F)F)cc(C(F)(F)F)c1)c1cnc(N[C@H]2CC[C@H](O)CC2)cc1-c1ccccc1Br. The molecule has 226 valence electrons. The Morgan fingerprint density at radius 2 is 1.45 bits per heavy atom. The van der Waals surface area contributed by atoms with Gasteiger partial charge in [0.2, 0.25) is 5.91 Å². The molecule has 1 aliphatic carbocycles. The zero-order valence-corrected chi connectivity index (χ0v) is 24.7. The molecule has 0 atom stereocenters. The second-order valence-corrected chi connectivity index (χ2v) is 11.9. The van der Waals surface area contributed by atoms with Crippen molar-refractivity contribution in [2.75, 3.05) is 17.3 Å². The first-order valence-corrected chi connectivity index (χ1v) is 14.1. The van der Waals surface area contributed by atoms with Crippen LogP contribution in [0.2, 0.25) is 0 Å². The van der Waals surface area contributed by atoms with E-state index in [0.29, 0.717) is 52.1 Å². The standard InChI is InChI=1S/C30H30BrF6N3O2/c1-28(2,17-12-18(29(32,33)34)14-19(13-17)30(35,36)37)27(42)40(3)25-16-38-26(39-20-8-10-21(41)11-9-20)15-23(25)22-6-4-5-7-24(22)31/h4-7,12-16,20-21,41H,8-11H2,1-3H3,(H,38,39)/t20-,21-. The van der Waals surface area contributed by atoms with E-state index in [1.54, 1.807) is 12.1 Å². The van der Waals surface area contributed by atoms with E-state index in [-0.39, 0.29) is 18.2 Å². The van der Waals surface area contributed by atoms with Crippen LogP contribution in [0.5, 0.6) is 0 Å². The van der Waals surface area contributed by atoms with Gasteiger partial charge in [-0.2, -0.15) is 26.3 Å². The highest BCUT2D eigenvalue weighted by Crippen LogP contribution is 2.41. The van der Waals surface area contributed by atoms with Crippen LogP contribution < -0.4 is 10.2 Å². The van der Waals surface area contributed by atoms with Gasteiger partial charge in [0, 0.05) is 23.1 Å². The Labute approximate surface area is 248 Å². The molecule has 0 saturated heterocycles. The number of halogens is 7. The summed E-state index contributed by atoms with van der Waals surface area (Å²) in [4.78, 5) is 19.6. The quantitative estimate of drug-likeness (QED) is 0.262. The number of anilines is 2. The molecule has 3 aromatic rings. The normalized spacial score (nSPS) is 18.1. The van der Waals surface area contributed by atoms with Crippen LogP contribution >= 0.6 is 15.9 Å². The molecular weight excluding hydrogens is 628 g/mol. The van der Waals surface area contributed by atoms with Gasteiger partial charge in [0.15, 0.2) is 0 Å². The van der Waals surface area contributed by atoms with Crippen molar-refractivity contribution in [3.8, 4) is 11.1 Å². The minimum atomic E-state index is -5.04. The van der Waals surface area contributed by atoms with Crippen molar-refractivity contribution in [3.63, 3.8) is 0 Å². The van der Waals surface area contributed by atoms with Crippen molar-refractivity contribution >= 4 is 33.3 Å². The molecule has 0 bridgehead atoms. The van der Waals surface area contributed by atoms with E-state index in [9.17, 15) is 36.2 Å². The van der Waals surface area contributed by atoms with Gasteiger partial charge < -0.3 is 15.3 Å². The van der Waals surface area contributed by atoms with Gasteiger partial charge in [0.05, 0.1) is 34.5 Å². The Kier molecular flexibility index (Phi) is 8.99. The van der Waals surface area contributed by atoms with Crippen molar-refractivity contribution in [1.29, 1.82) is 0 Å². The summed E-state index contributed by atoms with van der Waals surface area (Å²) in [6.45, 7) is 2.58. The van der Waals surface area contributed by atoms with Crippen LogP contribution in [0, 0.1) is 0 Å². The second kappa shape index (κ2) is 11.9. The molecule has 1 aliphatic rings. The molecule has 1 heterocycles. The third kappa shape index (κ3) is 6.91. The van der Waals surface area contributed by atoms with Crippen molar-refractivity contribution in [2.45, 2.75) is 69.4 Å². The molecule has 1 aromatic heterocycles. The lowest BCUT2D eigenvalue weighted by atomic mass is 9.81. The van der Waals surface area contributed by atoms with Crippen molar-refractivity contribution in [1.82, 2.24) is 4.98 Å². The Hall–Kier alpha value is -3.12. The smallest absolute Gasteiger partial charge is 0.393 e. The average molecular weight is 658 g/mol. The van der Waals surface area contributed by atoms with Gasteiger partial charge in [-0.25, -0.2) is 4.98 Å². The minimum Gasteiger partial charge on any atom is -0.393 e. The number of aliphatic hydroxyl groups is 1. The number of pyridine rings is 1. The molecule has 42 heavy (non-hydrogen) atoms. The van der Waals surface area contributed by atoms with E-state index in [1.807, 2.05) is 18.2 Å². The maximum absolute atomic E-state index is 13.9. The topological polar surface area (TPSA) is 65.5 Å². The average Bonchev–Trinajstić information content (AvgIpc) is 2.92. The summed E-state index contributed by atoms with van der Waals surface area (Å²) in [5, 5.41) is 13.2. The van der Waals surface area contributed by atoms with Crippen molar-refractivity contribution in [2.24, 2.45) is 0 Å². The molecule has 1 fully saturated rings. The number of carbonyl (C=O) groups excluding carboxylic acids is 1. The highest BCUT2D eigenvalue weighted by Gasteiger charge is 2.41. The fraction of sp³-hybridized carbons (Fsp3) is 0.400. The van der Waals surface area contributed by atoms with Gasteiger partial charge in [0.25, 0.3) is 0 Å². The van der Waals surface area contributed by atoms with Gasteiger partial charge in [-0.15, -0.1) is 0 Å². The number of hydrogen-bond acceptors (Lipinski definition) is 4. The van der Waals surface area contributed by atoms with Gasteiger partial charge in [-0.1, -0.05) is 34.1 Å². The molecule has 12 heteroatoms. The van der Waals surface area contributed by atoms with Gasteiger partial charge in [-0.3, -0.25) is 4.79 Å². The Bertz CT molecular complexity index is 1420. The fourth-order valence-corrected chi connectivity index (χ4v) is 5.59. The summed E-state index contributed by atoms with van der Waals surface area (Å²) < 4.78 is 82.1. The Morgan fingerprint density at radius 3 is 2.00 bits per heavy atom. The van der Waals surface area contributed by atoms with Crippen LogP contribution in [0.3, 0.4) is 0 Å². The predicted octanol–water partition coefficient (Wildman–Crippen LogP) is 8.20. The molecule has 0 aliphatic heterocycles. The summed E-state index contributed by atoms with van der Waals surface area (Å²) in [5.41, 5.74) is -3.59. The summed E-state index contributed by atoms with van der Waals surface area (Å²) in [6.07, 6.45) is -6.16. The number of aromatic nitrogens is 1. The van der Waals surface area contributed by atoms with Crippen LogP contribution in [0.15, 0.2) is 59.2 Å². The van der Waals surface area contributed by atoms with Crippen LogP contribution in [0.25, 0.3) is 11.1 Å². The molecule has 0 spiro atoms. The second-order valence-electron chi connectivity index (χ2n) is 11.0. The number of likely N-dealkylation sites (N-methyl/N-ethyl adjacent to an activating group) is 1. The number of benzene rings is 2. The highest BCUT2D eigenvalue weighted by atomic mass is 79.9. The third-order valence-corrected chi connectivity index (χ3v) is 8.30. The molecule has 1 saturated carbocycles. The molecule has 0 radical (unpaired) electrons. The zero-order chi connectivity index (χ0) is 31.0. The summed E-state index contributed by atoms with van der Waals surface area (Å²) in [7, 11) is 1.41. The zero-order valence-electron chi connectivity index (χ0n) is 23.1. The monoisotopic (exact) mass is 657 g/mol. The maximum atomic E-state index is 13.9. The number of hydrogen-bond donors (Lipinski definition) is 2. The summed E-state index contributed by atoms with van der Waals surface area (Å²) in [5.74, 6) is -0.203. The largest absolute Gasteiger partial charge is 0.416 e. The molecule has 1 amide bonds. The van der Waals surface area contributed by atoms with E-state index in [1.165, 1.54) is 32.0 Å². The summed E-state index contributed by atoms with van der Waals surface area (Å²) in [6, 6.07) is 10.3. The Morgan fingerprint density at radius 1 is 0.905 bits per heavy atom. The molecule has 2 aromatic carbocycles. The number of rotatable bonds is 6. The van der Waals surface area contributed by atoms with Gasteiger partial charge >= 0.3 is 12.4 Å². The molecule has 2 N–H and O–H groups in total. The number of nitrogens with zero attached hydrogens (tertiary/aromatic N) is 2. The number of nitrogens with one attached hydrogen (secondary N) is 1. The minimum absolute atomic E-state index is 0.0431. The number of aliphatic hydroxyl groups excluding tert-OH is 1. The van der Waals surface area contributed by atoms with Crippen molar-refractivity contribution < 1.29 is 36.2 Å². The van der Waals surface area contributed by atoms with Crippen molar-refractivity contribution in [3.05, 3.63) is 75.9 Å². The first-order chi connectivity index (χ1) is 19.5. The Balaban J connectivity index is 1.75. The first-order valence-electron chi connectivity index (χ1n) is 13.3. The first kappa shape index (κ1) is 31.8. The molecule has 0 unspecified atom stereocenters. The highest BCUT2D eigenvalue weighted by molar-refractivity contribution is 9.10. The molecule has 5 nitrogen and oxygen atoms in total. The van der Waals surface area contributed by atoms with Gasteiger partial charge in [-0.05, 0) is 81.0 Å². The third-order valence-electron chi connectivity index (χ3n) is 7.61. The maximum Gasteiger partial charge on any atom is 0.416 e.